The van der Waals surface area contributed by atoms with E-state index in [9.17, 15) is 0 Å². The topological polar surface area (TPSA) is 18.5 Å². The number of rotatable bonds is 7. The molecule has 0 saturated carbocycles. The molecule has 0 aliphatic heterocycles. The van der Waals surface area contributed by atoms with Crippen molar-refractivity contribution in [1.82, 2.24) is 0 Å². The third-order valence-electron chi connectivity index (χ3n) is 3.74. The van der Waals surface area contributed by atoms with E-state index < -0.39 is 10.0 Å². The molecule has 0 aliphatic carbocycles. The predicted molar refractivity (Wildman–Crippen MR) is 102 cm³/mol. The van der Waals surface area contributed by atoms with Crippen LogP contribution in [0.1, 0.15) is 40.5 Å². The fraction of sp³-hybridized carbons (Fsp3) is 0.400. The largest absolute Gasteiger partial charge is 0.396 e. The van der Waals surface area contributed by atoms with E-state index in [1.165, 1.54) is 11.1 Å². The second-order valence-electron chi connectivity index (χ2n) is 5.62. The second-order valence-corrected chi connectivity index (χ2v) is 6.52. The Hall–Kier alpha value is -1.42. The minimum absolute atomic E-state index is 0.380. The first-order chi connectivity index (χ1) is 11.2. The van der Waals surface area contributed by atoms with E-state index in [2.05, 4.69) is 76.2 Å². The van der Waals surface area contributed by atoms with Gasteiger partial charge in [-0.05, 0) is 37.8 Å². The summed E-state index contributed by atoms with van der Waals surface area (Å²) in [6, 6.07) is 20.8. The summed E-state index contributed by atoms with van der Waals surface area (Å²) in [5, 5.41) is 0. The first kappa shape index (κ1) is 19.6. The van der Waals surface area contributed by atoms with Crippen LogP contribution in [-0.4, -0.2) is 22.2 Å². The van der Waals surface area contributed by atoms with Crippen LogP contribution in [0.25, 0.3) is 11.1 Å². The highest BCUT2D eigenvalue weighted by molar-refractivity contribution is 6.18. The first-order valence-corrected chi connectivity index (χ1v) is 9.66. The van der Waals surface area contributed by atoms with Crippen LogP contribution >= 0.6 is 0 Å². The fourth-order valence-electron chi connectivity index (χ4n) is 1.77. The van der Waals surface area contributed by atoms with E-state index in [1.54, 1.807) is 0 Å². The Morgan fingerprint density at radius 3 is 1.35 bits per heavy atom. The van der Waals surface area contributed by atoms with Gasteiger partial charge < -0.3 is 8.85 Å². The van der Waals surface area contributed by atoms with Crippen molar-refractivity contribution in [3.8, 4) is 11.1 Å². The van der Waals surface area contributed by atoms with Crippen molar-refractivity contribution >= 4 is 10.0 Å². The minimum atomic E-state index is -0.706. The summed E-state index contributed by atoms with van der Waals surface area (Å²) in [4.78, 5) is 0. The van der Waals surface area contributed by atoms with Gasteiger partial charge >= 0.3 is 10.0 Å². The smallest absolute Gasteiger partial charge is 0.304 e. The number of benzene rings is 2. The molecule has 0 aliphatic rings. The van der Waals surface area contributed by atoms with Crippen LogP contribution in [0.4, 0.5) is 0 Å². The van der Waals surface area contributed by atoms with Crippen LogP contribution in [0.3, 0.4) is 0 Å². The van der Waals surface area contributed by atoms with Crippen molar-refractivity contribution in [2.75, 3.05) is 0 Å². The van der Waals surface area contributed by atoms with Crippen LogP contribution in [0.15, 0.2) is 60.7 Å². The summed E-state index contributed by atoms with van der Waals surface area (Å²) in [6.45, 7) is 8.44. The molecule has 2 nitrogen and oxygen atoms in total. The third kappa shape index (κ3) is 8.70. The van der Waals surface area contributed by atoms with Gasteiger partial charge in [0.25, 0.3) is 0 Å². The van der Waals surface area contributed by atoms with E-state index >= 15 is 0 Å². The molecule has 0 fully saturated rings. The molecule has 0 heterocycles. The van der Waals surface area contributed by atoms with Gasteiger partial charge in [0.2, 0.25) is 0 Å². The number of hydrogen-bond acceptors (Lipinski definition) is 2. The van der Waals surface area contributed by atoms with E-state index in [4.69, 9.17) is 8.85 Å². The Morgan fingerprint density at radius 1 is 0.696 bits per heavy atom. The van der Waals surface area contributed by atoms with Gasteiger partial charge in [-0.3, -0.25) is 0 Å². The van der Waals surface area contributed by atoms with E-state index in [-0.39, 0.29) is 0 Å². The second kappa shape index (κ2) is 12.1. The summed E-state index contributed by atoms with van der Waals surface area (Å²) >= 11 is 0. The van der Waals surface area contributed by atoms with Crippen molar-refractivity contribution in [2.24, 2.45) is 0 Å². The van der Waals surface area contributed by atoms with Gasteiger partial charge in [-0.25, -0.2) is 0 Å². The monoisotopic (exact) mass is 330 g/mol. The van der Waals surface area contributed by atoms with Crippen molar-refractivity contribution < 1.29 is 8.85 Å². The molecule has 3 heteroatoms. The van der Waals surface area contributed by atoms with Gasteiger partial charge in [-0.2, -0.15) is 0 Å². The van der Waals surface area contributed by atoms with E-state index in [1.807, 2.05) is 12.1 Å². The van der Waals surface area contributed by atoms with Crippen LogP contribution in [0.5, 0.6) is 0 Å². The van der Waals surface area contributed by atoms with Crippen molar-refractivity contribution in [2.45, 2.75) is 52.7 Å². The molecule has 2 rings (SSSR count). The quantitative estimate of drug-likeness (QED) is 0.667. The maximum absolute atomic E-state index is 5.48. The highest BCUT2D eigenvalue weighted by Gasteiger charge is 2.01. The van der Waals surface area contributed by atoms with Gasteiger partial charge in [0.15, 0.2) is 0 Å². The van der Waals surface area contributed by atoms with Crippen LogP contribution in [-0.2, 0) is 8.85 Å². The highest BCUT2D eigenvalue weighted by atomic mass is 28.3. The summed E-state index contributed by atoms with van der Waals surface area (Å²) in [7, 11) is -0.706. The zero-order chi connectivity index (χ0) is 16.9. The molecule has 126 valence electrons. The molecule has 2 aromatic carbocycles. The van der Waals surface area contributed by atoms with Gasteiger partial charge in [0, 0.05) is 12.2 Å². The Morgan fingerprint density at radius 2 is 1.04 bits per heavy atom. The normalized spacial score (nSPS) is 13.4. The summed E-state index contributed by atoms with van der Waals surface area (Å²) < 4.78 is 11.0. The maximum Gasteiger partial charge on any atom is 0.304 e. The molecular weight excluding hydrogens is 300 g/mol. The lowest BCUT2D eigenvalue weighted by Crippen LogP contribution is -2.17. The van der Waals surface area contributed by atoms with Crippen molar-refractivity contribution in [1.29, 1.82) is 0 Å². The van der Waals surface area contributed by atoms with E-state index in [0.717, 1.165) is 12.8 Å². The first-order valence-electron chi connectivity index (χ1n) is 8.51. The highest BCUT2D eigenvalue weighted by Crippen LogP contribution is 2.17. The molecule has 0 saturated heterocycles. The van der Waals surface area contributed by atoms with Crippen LogP contribution in [0, 0.1) is 0 Å². The average molecular weight is 331 g/mol. The molecule has 2 aromatic rings. The fourth-order valence-corrected chi connectivity index (χ4v) is 2.78. The lowest BCUT2D eigenvalue weighted by molar-refractivity contribution is 0.131. The summed E-state index contributed by atoms with van der Waals surface area (Å²) in [5.41, 5.74) is 2.55. The molecule has 23 heavy (non-hydrogen) atoms. The van der Waals surface area contributed by atoms with Crippen molar-refractivity contribution in [3.63, 3.8) is 0 Å². The SMILES string of the molecule is CCC(C)O[SiH2]OC(C)CC.c1ccc(-c2ccccc2)cc1. The zero-order valence-corrected chi connectivity index (χ0v) is 16.3. The van der Waals surface area contributed by atoms with Crippen LogP contribution < -0.4 is 0 Å². The molecule has 0 radical (unpaired) electrons. The number of hydrogen-bond donors (Lipinski definition) is 0. The van der Waals surface area contributed by atoms with Gasteiger partial charge in [-0.15, -0.1) is 0 Å². The standard InChI is InChI=1S/C12H10.C8H20O2Si/c1-3-7-11(8-4-1)12-9-5-2-6-10-12;1-5-7(3)9-11-10-8(4)6-2/h1-10H;7-8H,5-6,11H2,1-4H3. The third-order valence-corrected chi connectivity index (χ3v) is 5.15. The predicted octanol–water partition coefficient (Wildman–Crippen LogP) is 4.97. The van der Waals surface area contributed by atoms with Gasteiger partial charge in [0.1, 0.15) is 0 Å². The Labute approximate surface area is 143 Å². The molecule has 0 amide bonds. The zero-order valence-electron chi connectivity index (χ0n) is 14.9. The van der Waals surface area contributed by atoms with Gasteiger partial charge in [0.05, 0.1) is 0 Å². The van der Waals surface area contributed by atoms with Gasteiger partial charge in [-0.1, -0.05) is 74.5 Å². The Bertz CT molecular complexity index is 454. The molecule has 0 N–H and O–H groups in total. The average Bonchev–Trinajstić information content (AvgIpc) is 2.63. The Balaban J connectivity index is 0.000000232. The maximum atomic E-state index is 5.48. The molecule has 0 spiro atoms. The molecule has 2 unspecified atom stereocenters. The molecule has 0 aromatic heterocycles. The van der Waals surface area contributed by atoms with Crippen LogP contribution in [0.2, 0.25) is 0 Å². The van der Waals surface area contributed by atoms with Crippen molar-refractivity contribution in [3.05, 3.63) is 60.7 Å². The summed E-state index contributed by atoms with van der Waals surface area (Å²) in [5.74, 6) is 0. The lowest BCUT2D eigenvalue weighted by atomic mass is 10.1. The molecule has 0 bridgehead atoms. The minimum Gasteiger partial charge on any atom is -0.396 e. The molecule has 2 atom stereocenters. The van der Waals surface area contributed by atoms with E-state index in [0.29, 0.717) is 12.2 Å². The molecular formula is C20H30O2Si. The Kier molecular flexibility index (Phi) is 10.3. The lowest BCUT2D eigenvalue weighted by Gasteiger charge is -2.13. The summed E-state index contributed by atoms with van der Waals surface area (Å²) in [6.07, 6.45) is 2.92.